The summed E-state index contributed by atoms with van der Waals surface area (Å²) in [5.74, 6) is 0.725. The molecule has 0 aromatic rings. The van der Waals surface area contributed by atoms with E-state index in [1.165, 1.54) is 31.4 Å². The number of hydrogen-bond donors (Lipinski definition) is 0. The van der Waals surface area contributed by atoms with Gasteiger partial charge >= 0.3 is 0 Å². The van der Waals surface area contributed by atoms with Gasteiger partial charge in [0.05, 0.1) is 11.9 Å². The number of rotatable bonds is 1. The van der Waals surface area contributed by atoms with Gasteiger partial charge in [0.2, 0.25) is 0 Å². The van der Waals surface area contributed by atoms with Gasteiger partial charge in [0.15, 0.2) is 0 Å². The van der Waals surface area contributed by atoms with E-state index in [9.17, 15) is 0 Å². The molecule has 1 aliphatic carbocycles. The third-order valence-electron chi connectivity index (χ3n) is 2.26. The van der Waals surface area contributed by atoms with Crippen LogP contribution in [0.4, 0.5) is 0 Å². The van der Waals surface area contributed by atoms with Crippen LogP contribution < -0.4 is 5.43 Å². The van der Waals surface area contributed by atoms with Crippen molar-refractivity contribution >= 4 is 6.21 Å². The molecule has 1 aliphatic heterocycles. The van der Waals surface area contributed by atoms with Crippen molar-refractivity contribution in [2.24, 2.45) is 11.0 Å². The molecule has 0 aromatic heterocycles. The minimum absolute atomic E-state index is 0.725. The molecule has 1 saturated carbocycles. The first kappa shape index (κ1) is 5.96. The second kappa shape index (κ2) is 2.45. The average molecular weight is 135 g/mol. The Balaban J connectivity index is 1.99. The second-order valence-corrected chi connectivity index (χ2v) is 2.94. The normalized spacial score (nSPS) is 25.0. The van der Waals surface area contributed by atoms with Crippen LogP contribution in [0, 0.1) is 5.92 Å². The summed E-state index contributed by atoms with van der Waals surface area (Å²) in [4.78, 5) is 0. The van der Waals surface area contributed by atoms with Crippen molar-refractivity contribution < 1.29 is 0 Å². The monoisotopic (exact) mass is 135 g/mol. The predicted molar refractivity (Wildman–Crippen MR) is 40.7 cm³/mol. The van der Waals surface area contributed by atoms with E-state index in [1.54, 1.807) is 6.21 Å². The molecule has 0 aromatic carbocycles. The Bertz CT molecular complexity index is 176. The molecule has 1 fully saturated rings. The molecule has 0 unspecified atom stereocenters. The molecule has 10 heavy (non-hydrogen) atoms. The highest BCUT2D eigenvalue weighted by Crippen LogP contribution is 2.30. The van der Waals surface area contributed by atoms with Crippen molar-refractivity contribution in [2.75, 3.05) is 0 Å². The lowest BCUT2D eigenvalue weighted by Crippen LogP contribution is -2.03. The van der Waals surface area contributed by atoms with E-state index in [1.807, 2.05) is 6.08 Å². The summed E-state index contributed by atoms with van der Waals surface area (Å²) in [6.45, 7) is 0. The minimum Gasteiger partial charge on any atom is -0.159 e. The predicted octanol–water partition coefficient (Wildman–Crippen LogP) is 1.66. The zero-order valence-corrected chi connectivity index (χ0v) is 5.95. The molecule has 0 amide bonds. The second-order valence-electron chi connectivity index (χ2n) is 2.94. The van der Waals surface area contributed by atoms with Crippen molar-refractivity contribution in [1.82, 2.24) is 5.43 Å². The van der Waals surface area contributed by atoms with Gasteiger partial charge in [-0.25, -0.2) is 0 Å². The van der Waals surface area contributed by atoms with Gasteiger partial charge in [0.25, 0.3) is 0 Å². The fourth-order valence-corrected chi connectivity index (χ4v) is 1.68. The van der Waals surface area contributed by atoms with Crippen LogP contribution in [-0.2, 0) is 0 Å². The number of nitrogens with zero attached hydrogens (tertiary/aromatic N) is 2. The topological polar surface area (TPSA) is 26.5 Å². The average Bonchev–Trinajstić information content (AvgIpc) is 2.59. The van der Waals surface area contributed by atoms with Crippen LogP contribution in [-0.4, -0.2) is 6.21 Å². The molecule has 2 heteroatoms. The van der Waals surface area contributed by atoms with Gasteiger partial charge in [-0.1, -0.05) is 12.8 Å². The van der Waals surface area contributed by atoms with Crippen molar-refractivity contribution in [3.8, 4) is 0 Å². The third-order valence-corrected chi connectivity index (χ3v) is 2.26. The summed E-state index contributed by atoms with van der Waals surface area (Å²) in [5.41, 5.74) is 5.25. The van der Waals surface area contributed by atoms with Gasteiger partial charge in [0, 0.05) is 5.92 Å². The summed E-state index contributed by atoms with van der Waals surface area (Å²) in [7, 11) is 0. The van der Waals surface area contributed by atoms with Gasteiger partial charge in [0.1, 0.15) is 0 Å². The van der Waals surface area contributed by atoms with Crippen LogP contribution >= 0.6 is 0 Å². The van der Waals surface area contributed by atoms with E-state index >= 15 is 0 Å². The molecule has 2 aliphatic rings. The van der Waals surface area contributed by atoms with Gasteiger partial charge in [-0.05, 0) is 18.9 Å². The molecular weight excluding hydrogens is 124 g/mol. The zero-order valence-electron chi connectivity index (χ0n) is 5.95. The van der Waals surface area contributed by atoms with Gasteiger partial charge < -0.3 is 0 Å². The summed E-state index contributed by atoms with van der Waals surface area (Å²) >= 11 is 0. The molecular formula is C8H11N2. The SMILES string of the molecule is C1=N[N]C(C2CCCC2)=C1. The van der Waals surface area contributed by atoms with Crippen molar-refractivity contribution in [3.63, 3.8) is 0 Å². The lowest BCUT2D eigenvalue weighted by Gasteiger charge is -2.06. The molecule has 0 N–H and O–H groups in total. The highest BCUT2D eigenvalue weighted by Gasteiger charge is 2.20. The van der Waals surface area contributed by atoms with Crippen molar-refractivity contribution in [1.29, 1.82) is 0 Å². The van der Waals surface area contributed by atoms with Gasteiger partial charge in [-0.2, -0.15) is 10.5 Å². The van der Waals surface area contributed by atoms with E-state index in [0.717, 1.165) is 5.92 Å². The molecule has 2 nitrogen and oxygen atoms in total. The summed E-state index contributed by atoms with van der Waals surface area (Å²) in [5, 5.41) is 3.82. The lowest BCUT2D eigenvalue weighted by molar-refractivity contribution is 0.590. The Kier molecular flexibility index (Phi) is 1.46. The fraction of sp³-hybridized carbons (Fsp3) is 0.625. The summed E-state index contributed by atoms with van der Waals surface area (Å²) < 4.78 is 0. The van der Waals surface area contributed by atoms with Crippen LogP contribution in [0.15, 0.2) is 16.9 Å². The summed E-state index contributed by atoms with van der Waals surface area (Å²) in [6.07, 6.45) is 9.20. The smallest absolute Gasteiger partial charge is 0.0677 e. The maximum absolute atomic E-state index is 4.05. The van der Waals surface area contributed by atoms with E-state index in [2.05, 4.69) is 10.5 Å². The van der Waals surface area contributed by atoms with Gasteiger partial charge in [-0.3, -0.25) is 0 Å². The van der Waals surface area contributed by atoms with Crippen molar-refractivity contribution in [3.05, 3.63) is 11.8 Å². The van der Waals surface area contributed by atoms with Gasteiger partial charge in [-0.15, -0.1) is 0 Å². The third kappa shape index (κ3) is 0.939. The van der Waals surface area contributed by atoms with Crippen LogP contribution in [0.5, 0.6) is 0 Å². The Morgan fingerprint density at radius 3 is 2.70 bits per heavy atom. The highest BCUT2D eigenvalue weighted by molar-refractivity contribution is 5.74. The van der Waals surface area contributed by atoms with Crippen LogP contribution in [0.2, 0.25) is 0 Å². The Morgan fingerprint density at radius 2 is 2.10 bits per heavy atom. The van der Waals surface area contributed by atoms with E-state index in [0.29, 0.717) is 0 Å². The van der Waals surface area contributed by atoms with E-state index < -0.39 is 0 Å². The molecule has 1 heterocycles. The van der Waals surface area contributed by atoms with Crippen LogP contribution in [0.1, 0.15) is 25.7 Å². The molecule has 0 spiro atoms. The first-order valence-corrected chi connectivity index (χ1v) is 3.91. The first-order valence-electron chi connectivity index (χ1n) is 3.91. The van der Waals surface area contributed by atoms with E-state index in [4.69, 9.17) is 0 Å². The number of allylic oxidation sites excluding steroid dienone is 2. The number of hydrogen-bond acceptors (Lipinski definition) is 1. The van der Waals surface area contributed by atoms with Crippen LogP contribution in [0.3, 0.4) is 0 Å². The fourth-order valence-electron chi connectivity index (χ4n) is 1.68. The summed E-state index contributed by atoms with van der Waals surface area (Å²) in [6, 6.07) is 0. The minimum atomic E-state index is 0.725. The maximum atomic E-state index is 4.05. The lowest BCUT2D eigenvalue weighted by atomic mass is 10.0. The highest BCUT2D eigenvalue weighted by atomic mass is 15.3. The van der Waals surface area contributed by atoms with Crippen LogP contribution in [0.25, 0.3) is 0 Å². The molecule has 0 atom stereocenters. The molecule has 1 radical (unpaired) electrons. The molecule has 53 valence electrons. The molecule has 0 saturated heterocycles. The first-order chi connectivity index (χ1) is 4.97. The Morgan fingerprint density at radius 1 is 1.30 bits per heavy atom. The van der Waals surface area contributed by atoms with Crippen molar-refractivity contribution in [2.45, 2.75) is 25.7 Å². The zero-order chi connectivity index (χ0) is 6.81. The Labute approximate surface area is 61.0 Å². The standard InChI is InChI=1S/C8H11N2/c1-2-4-7(3-1)8-5-6-9-10-8/h5-7H,1-4H2. The Hall–Kier alpha value is -0.790. The maximum Gasteiger partial charge on any atom is 0.0677 e. The van der Waals surface area contributed by atoms with E-state index in [-0.39, 0.29) is 0 Å². The largest absolute Gasteiger partial charge is 0.159 e. The molecule has 2 rings (SSSR count). The quantitative estimate of drug-likeness (QED) is 0.523. The molecule has 0 bridgehead atoms.